The Hall–Kier alpha value is -4.38. The number of nitrogens with zero attached hydrogens (tertiary/aromatic N) is 2. The van der Waals surface area contributed by atoms with E-state index in [-0.39, 0.29) is 23.8 Å². The summed E-state index contributed by atoms with van der Waals surface area (Å²) in [5.74, 6) is -0.247. The Bertz CT molecular complexity index is 1510. The third kappa shape index (κ3) is 4.00. The van der Waals surface area contributed by atoms with Crippen molar-refractivity contribution in [3.05, 3.63) is 126 Å². The predicted octanol–water partition coefficient (Wildman–Crippen LogP) is 5.88. The van der Waals surface area contributed by atoms with E-state index < -0.39 is 5.41 Å². The highest BCUT2D eigenvalue weighted by Gasteiger charge is 2.47. The maximum atomic E-state index is 14.6. The molecule has 0 N–H and O–H groups in total. The van der Waals surface area contributed by atoms with Crippen LogP contribution >= 0.6 is 0 Å². The minimum absolute atomic E-state index is 0.0218. The van der Waals surface area contributed by atoms with Crippen molar-refractivity contribution in [2.24, 2.45) is 5.92 Å². The summed E-state index contributed by atoms with van der Waals surface area (Å²) in [5.41, 5.74) is 4.91. The lowest BCUT2D eigenvalue weighted by molar-refractivity contribution is -0.136. The number of hydrogen-bond donors (Lipinski definition) is 0. The van der Waals surface area contributed by atoms with E-state index >= 15 is 0 Å². The molecular formula is C34H32N2O3. The number of carbonyl (C=O) groups is 2. The Balaban J connectivity index is 1.41. The van der Waals surface area contributed by atoms with E-state index in [2.05, 4.69) is 47.4 Å². The molecule has 39 heavy (non-hydrogen) atoms. The lowest BCUT2D eigenvalue weighted by Gasteiger charge is -2.37. The molecule has 1 aliphatic carbocycles. The zero-order valence-electron chi connectivity index (χ0n) is 22.3. The summed E-state index contributed by atoms with van der Waals surface area (Å²) in [6, 6.07) is 26.7. The summed E-state index contributed by atoms with van der Waals surface area (Å²) in [6.45, 7) is 0.709. The molecule has 3 aromatic rings. The molecule has 2 aliphatic heterocycles. The van der Waals surface area contributed by atoms with Crippen molar-refractivity contribution in [2.75, 3.05) is 25.6 Å². The molecule has 2 heterocycles. The van der Waals surface area contributed by atoms with Crippen LogP contribution < -0.4 is 4.90 Å². The molecule has 0 spiro atoms. The van der Waals surface area contributed by atoms with E-state index in [4.69, 9.17) is 4.74 Å². The Kier molecular flexibility index (Phi) is 6.43. The van der Waals surface area contributed by atoms with E-state index in [1.807, 2.05) is 78.8 Å². The molecule has 3 aliphatic rings. The lowest BCUT2D eigenvalue weighted by Crippen LogP contribution is -2.46. The summed E-state index contributed by atoms with van der Waals surface area (Å²) in [5, 5.41) is 0. The quantitative estimate of drug-likeness (QED) is 0.384. The number of hydrogen-bond acceptors (Lipinski definition) is 4. The number of rotatable bonds is 6. The molecule has 3 aromatic carbocycles. The molecule has 5 nitrogen and oxygen atoms in total. The molecule has 0 aromatic heterocycles. The monoisotopic (exact) mass is 516 g/mol. The SMILES string of the molecule is COC(=O)C1=CN(CCC[C@@]2(c3ccccc3)C(=O)N(C)c3ccccc3-c3ccccc32)C2C=CC=CC12. The van der Waals surface area contributed by atoms with Crippen LogP contribution in [0, 0.1) is 5.92 Å². The number of benzene rings is 3. The van der Waals surface area contributed by atoms with Gasteiger partial charge >= 0.3 is 5.97 Å². The molecule has 0 saturated carbocycles. The number of methoxy groups -OCH3 is 1. The van der Waals surface area contributed by atoms with E-state index in [9.17, 15) is 9.59 Å². The van der Waals surface area contributed by atoms with E-state index in [1.165, 1.54) is 7.11 Å². The first-order chi connectivity index (χ1) is 19.1. The van der Waals surface area contributed by atoms with Crippen molar-refractivity contribution in [2.45, 2.75) is 24.3 Å². The van der Waals surface area contributed by atoms with Gasteiger partial charge in [-0.3, -0.25) is 4.79 Å². The van der Waals surface area contributed by atoms with Gasteiger partial charge in [0.1, 0.15) is 5.41 Å². The first kappa shape index (κ1) is 24.9. The number of para-hydroxylation sites is 1. The summed E-state index contributed by atoms with van der Waals surface area (Å²) in [4.78, 5) is 31.2. The minimum atomic E-state index is -0.859. The maximum Gasteiger partial charge on any atom is 0.335 e. The van der Waals surface area contributed by atoms with Crippen LogP contribution in [0.5, 0.6) is 0 Å². The topological polar surface area (TPSA) is 49.9 Å². The fourth-order valence-corrected chi connectivity index (χ4v) is 6.58. The largest absolute Gasteiger partial charge is 0.466 e. The standard InChI is InChI=1S/C34H32N2O3/c1-35-30-19-10-7-16-26(30)25-15-6-9-18-29(25)34(33(35)38,24-13-4-3-5-14-24)21-12-22-36-23-28(32(37)39-2)27-17-8-11-20-31(27)36/h3-11,13-20,23,27,31H,12,21-22H2,1-2H3/t27?,31?,34-/m0/s1. The van der Waals surface area contributed by atoms with Gasteiger partial charge in [0, 0.05) is 31.3 Å². The third-order valence-corrected chi connectivity index (χ3v) is 8.42. The van der Waals surface area contributed by atoms with Crippen molar-refractivity contribution >= 4 is 17.6 Å². The van der Waals surface area contributed by atoms with Crippen LogP contribution in [0.2, 0.25) is 0 Å². The maximum absolute atomic E-state index is 14.6. The average Bonchev–Trinajstić information content (AvgIpc) is 3.34. The molecule has 0 bridgehead atoms. The summed E-state index contributed by atoms with van der Waals surface area (Å²) in [7, 11) is 3.32. The van der Waals surface area contributed by atoms with E-state index in [0.29, 0.717) is 18.5 Å². The molecular weight excluding hydrogens is 484 g/mol. The number of allylic oxidation sites excluding steroid dienone is 2. The predicted molar refractivity (Wildman–Crippen MR) is 154 cm³/mol. The Morgan fingerprint density at radius 3 is 2.38 bits per heavy atom. The van der Waals surface area contributed by atoms with Crippen molar-refractivity contribution in [1.82, 2.24) is 4.90 Å². The second kappa shape index (κ2) is 10.1. The Labute approximate surface area is 229 Å². The smallest absolute Gasteiger partial charge is 0.335 e. The number of ether oxygens (including phenoxy) is 1. The molecule has 6 rings (SSSR count). The highest BCUT2D eigenvalue weighted by Crippen LogP contribution is 2.48. The van der Waals surface area contributed by atoms with Crippen molar-refractivity contribution in [3.8, 4) is 11.1 Å². The average molecular weight is 517 g/mol. The number of amides is 1. The fraction of sp³-hybridized carbons (Fsp3) is 0.235. The third-order valence-electron chi connectivity index (χ3n) is 8.42. The highest BCUT2D eigenvalue weighted by molar-refractivity contribution is 6.09. The number of esters is 1. The summed E-state index contributed by atoms with van der Waals surface area (Å²) < 4.78 is 5.07. The summed E-state index contributed by atoms with van der Waals surface area (Å²) >= 11 is 0. The van der Waals surface area contributed by atoms with Gasteiger partial charge in [0.05, 0.1) is 24.4 Å². The van der Waals surface area contributed by atoms with Crippen LogP contribution in [0.3, 0.4) is 0 Å². The lowest BCUT2D eigenvalue weighted by atomic mass is 9.68. The minimum Gasteiger partial charge on any atom is -0.466 e. The summed E-state index contributed by atoms with van der Waals surface area (Å²) in [6.07, 6.45) is 11.5. The number of carbonyl (C=O) groups excluding carboxylic acids is 2. The second-order valence-corrected chi connectivity index (χ2v) is 10.4. The van der Waals surface area contributed by atoms with Gasteiger partial charge in [0.15, 0.2) is 0 Å². The van der Waals surface area contributed by atoms with Crippen LogP contribution in [0.1, 0.15) is 24.0 Å². The zero-order chi connectivity index (χ0) is 27.0. The van der Waals surface area contributed by atoms with Gasteiger partial charge in [-0.05, 0) is 35.6 Å². The van der Waals surface area contributed by atoms with Gasteiger partial charge in [-0.15, -0.1) is 0 Å². The van der Waals surface area contributed by atoms with Crippen LogP contribution in [0.25, 0.3) is 11.1 Å². The number of fused-ring (bicyclic) bond motifs is 4. The Morgan fingerprint density at radius 1 is 0.897 bits per heavy atom. The molecule has 2 unspecified atom stereocenters. The van der Waals surface area contributed by atoms with Crippen molar-refractivity contribution in [1.29, 1.82) is 0 Å². The number of anilines is 1. The van der Waals surface area contributed by atoms with Crippen LogP contribution in [0.15, 0.2) is 115 Å². The van der Waals surface area contributed by atoms with E-state index in [0.717, 1.165) is 34.4 Å². The van der Waals surface area contributed by atoms with Gasteiger partial charge in [-0.2, -0.15) is 0 Å². The normalized spacial score (nSPS) is 23.0. The number of likely N-dealkylation sites (N-methyl/N-ethyl adjacent to an activating group) is 1. The molecule has 0 fully saturated rings. The fourth-order valence-electron chi connectivity index (χ4n) is 6.58. The zero-order valence-corrected chi connectivity index (χ0v) is 22.3. The van der Waals surface area contributed by atoms with Gasteiger partial charge in [-0.25, -0.2) is 4.79 Å². The van der Waals surface area contributed by atoms with E-state index in [1.54, 1.807) is 0 Å². The van der Waals surface area contributed by atoms with Crippen molar-refractivity contribution in [3.63, 3.8) is 0 Å². The molecule has 3 atom stereocenters. The van der Waals surface area contributed by atoms with Crippen LogP contribution in [-0.2, 0) is 19.7 Å². The van der Waals surface area contributed by atoms with Crippen LogP contribution in [0.4, 0.5) is 5.69 Å². The first-order valence-electron chi connectivity index (χ1n) is 13.5. The Morgan fingerprint density at radius 2 is 1.59 bits per heavy atom. The highest BCUT2D eigenvalue weighted by atomic mass is 16.5. The first-order valence-corrected chi connectivity index (χ1v) is 13.5. The van der Waals surface area contributed by atoms with Gasteiger partial charge in [0.25, 0.3) is 0 Å². The molecule has 5 heteroatoms. The molecule has 1 amide bonds. The second-order valence-electron chi connectivity index (χ2n) is 10.4. The van der Waals surface area contributed by atoms with Crippen LogP contribution in [-0.4, -0.2) is 43.5 Å². The van der Waals surface area contributed by atoms with Gasteiger partial charge in [0.2, 0.25) is 5.91 Å². The molecule has 0 radical (unpaired) electrons. The van der Waals surface area contributed by atoms with Gasteiger partial charge in [-0.1, -0.05) is 97.1 Å². The van der Waals surface area contributed by atoms with Gasteiger partial charge < -0.3 is 14.5 Å². The molecule has 0 saturated heterocycles. The molecule has 196 valence electrons. The van der Waals surface area contributed by atoms with Crippen molar-refractivity contribution < 1.29 is 14.3 Å².